The molecule has 0 aliphatic carbocycles. The van der Waals surface area contributed by atoms with E-state index in [1.807, 2.05) is 0 Å². The van der Waals surface area contributed by atoms with E-state index in [0.29, 0.717) is 6.07 Å². The molecule has 11 heteroatoms. The first-order valence-electron chi connectivity index (χ1n) is 5.46. The molecule has 1 rings (SSSR count). The predicted molar refractivity (Wildman–Crippen MR) is 60.7 cm³/mol. The SMILES string of the molecule is CCOC(=O)Cc1cc([N+](=O)[O-])[nH]c(=O)c1OC(F)(F)F. The van der Waals surface area contributed by atoms with Crippen molar-refractivity contribution in [3.05, 3.63) is 32.1 Å². The smallest absolute Gasteiger partial charge is 0.466 e. The molecule has 1 N–H and O–H groups in total. The van der Waals surface area contributed by atoms with Crippen LogP contribution in [0.3, 0.4) is 0 Å². The van der Waals surface area contributed by atoms with E-state index in [-0.39, 0.29) is 6.61 Å². The molecule has 0 aromatic carbocycles. The first kappa shape index (κ1) is 16.5. The van der Waals surface area contributed by atoms with Crippen molar-refractivity contribution in [2.45, 2.75) is 19.7 Å². The van der Waals surface area contributed by atoms with Crippen molar-refractivity contribution in [1.82, 2.24) is 4.98 Å². The minimum Gasteiger partial charge on any atom is -0.466 e. The zero-order valence-corrected chi connectivity index (χ0v) is 10.5. The average Bonchev–Trinajstić information content (AvgIpc) is 2.31. The Morgan fingerprint density at radius 2 is 2.10 bits per heavy atom. The Balaban J connectivity index is 3.29. The van der Waals surface area contributed by atoms with Gasteiger partial charge in [-0.1, -0.05) is 0 Å². The van der Waals surface area contributed by atoms with Gasteiger partial charge in [-0.15, -0.1) is 13.2 Å². The summed E-state index contributed by atoms with van der Waals surface area (Å²) in [6, 6.07) is 0.611. The fourth-order valence-corrected chi connectivity index (χ4v) is 1.41. The third kappa shape index (κ3) is 4.78. The molecule has 0 radical (unpaired) electrons. The maximum absolute atomic E-state index is 12.2. The van der Waals surface area contributed by atoms with Crippen LogP contribution >= 0.6 is 0 Å². The van der Waals surface area contributed by atoms with Gasteiger partial charge >= 0.3 is 23.7 Å². The maximum atomic E-state index is 12.2. The maximum Gasteiger partial charge on any atom is 0.573 e. The number of H-pyrrole nitrogens is 1. The van der Waals surface area contributed by atoms with E-state index < -0.39 is 46.4 Å². The van der Waals surface area contributed by atoms with Gasteiger partial charge in [-0.2, -0.15) is 0 Å². The summed E-state index contributed by atoms with van der Waals surface area (Å²) in [6.07, 6.45) is -5.96. The van der Waals surface area contributed by atoms with Crippen LogP contribution in [0.5, 0.6) is 5.75 Å². The minimum absolute atomic E-state index is 0.0421. The summed E-state index contributed by atoms with van der Waals surface area (Å²) in [5, 5.41) is 10.6. The largest absolute Gasteiger partial charge is 0.573 e. The highest BCUT2D eigenvalue weighted by molar-refractivity contribution is 5.73. The number of alkyl halides is 3. The third-order valence-corrected chi connectivity index (χ3v) is 2.11. The number of nitrogens with zero attached hydrogens (tertiary/aromatic N) is 1. The molecule has 0 aliphatic heterocycles. The van der Waals surface area contributed by atoms with Crippen molar-refractivity contribution in [1.29, 1.82) is 0 Å². The summed E-state index contributed by atoms with van der Waals surface area (Å²) in [5.41, 5.74) is -2.07. The molecular weight excluding hydrogens is 301 g/mol. The second-order valence-electron chi connectivity index (χ2n) is 3.62. The number of halogens is 3. The van der Waals surface area contributed by atoms with E-state index >= 15 is 0 Å². The molecule has 116 valence electrons. The van der Waals surface area contributed by atoms with E-state index in [9.17, 15) is 32.9 Å². The van der Waals surface area contributed by atoms with Crippen LogP contribution in [0.4, 0.5) is 19.0 Å². The topological polar surface area (TPSA) is 112 Å². The Morgan fingerprint density at radius 3 is 2.57 bits per heavy atom. The molecule has 8 nitrogen and oxygen atoms in total. The van der Waals surface area contributed by atoms with Crippen molar-refractivity contribution in [2.75, 3.05) is 6.61 Å². The highest BCUT2D eigenvalue weighted by Gasteiger charge is 2.35. The molecule has 0 atom stereocenters. The molecule has 0 aliphatic rings. The second kappa shape index (κ2) is 6.24. The van der Waals surface area contributed by atoms with Crippen molar-refractivity contribution >= 4 is 11.8 Å². The van der Waals surface area contributed by atoms with Gasteiger partial charge < -0.3 is 19.6 Å². The summed E-state index contributed by atoms with van der Waals surface area (Å²) in [7, 11) is 0. The molecule has 1 aromatic rings. The van der Waals surface area contributed by atoms with Crippen LogP contribution in [0.25, 0.3) is 0 Å². The standard InChI is InChI=1S/C10H9F3N2O6/c1-2-20-7(16)4-5-3-6(15(18)19)14-9(17)8(5)21-10(11,12)13/h3H,2,4H2,1H3,(H,14,17). The molecule has 1 heterocycles. The van der Waals surface area contributed by atoms with Gasteiger partial charge in [-0.05, 0) is 11.8 Å². The van der Waals surface area contributed by atoms with Crippen LogP contribution < -0.4 is 10.3 Å². The minimum atomic E-state index is -5.19. The third-order valence-electron chi connectivity index (χ3n) is 2.11. The Bertz CT molecular complexity index is 610. The van der Waals surface area contributed by atoms with Gasteiger partial charge in [0.05, 0.1) is 13.0 Å². The summed E-state index contributed by atoms with van der Waals surface area (Å²) in [5.74, 6) is -3.06. The quantitative estimate of drug-likeness (QED) is 0.498. The number of aromatic amines is 1. The number of aromatic nitrogens is 1. The number of nitrogens with one attached hydrogen (secondary N) is 1. The Morgan fingerprint density at radius 1 is 1.48 bits per heavy atom. The second-order valence-corrected chi connectivity index (χ2v) is 3.62. The van der Waals surface area contributed by atoms with Crippen LogP contribution in [0, 0.1) is 10.1 Å². The van der Waals surface area contributed by atoms with Crippen LogP contribution in [-0.2, 0) is 16.0 Å². The molecule has 0 bridgehead atoms. The summed E-state index contributed by atoms with van der Waals surface area (Å²) in [6.45, 7) is 1.42. The van der Waals surface area contributed by atoms with Crippen molar-refractivity contribution < 1.29 is 32.4 Å². The molecular formula is C10H9F3N2O6. The number of hydrogen-bond donors (Lipinski definition) is 1. The fraction of sp³-hybridized carbons (Fsp3) is 0.400. The monoisotopic (exact) mass is 310 g/mol. The van der Waals surface area contributed by atoms with E-state index in [2.05, 4.69) is 9.47 Å². The van der Waals surface area contributed by atoms with Gasteiger partial charge in [0.25, 0.3) is 0 Å². The van der Waals surface area contributed by atoms with Crippen molar-refractivity contribution in [3.8, 4) is 5.75 Å². The first-order valence-corrected chi connectivity index (χ1v) is 5.46. The lowest BCUT2D eigenvalue weighted by Crippen LogP contribution is -2.25. The normalized spacial score (nSPS) is 11.0. The molecule has 1 aromatic heterocycles. The highest BCUT2D eigenvalue weighted by atomic mass is 19.4. The van der Waals surface area contributed by atoms with Gasteiger partial charge in [0.1, 0.15) is 0 Å². The first-order chi connectivity index (χ1) is 9.64. The number of nitro groups is 1. The van der Waals surface area contributed by atoms with E-state index in [4.69, 9.17) is 0 Å². The zero-order chi connectivity index (χ0) is 16.2. The number of carbonyl (C=O) groups is 1. The number of carbonyl (C=O) groups excluding carboxylic acids is 1. The van der Waals surface area contributed by atoms with Gasteiger partial charge in [0.2, 0.25) is 5.75 Å². The lowest BCUT2D eigenvalue weighted by atomic mass is 10.1. The molecule has 21 heavy (non-hydrogen) atoms. The van der Waals surface area contributed by atoms with Crippen LogP contribution in [-0.4, -0.2) is 28.8 Å². The highest BCUT2D eigenvalue weighted by Crippen LogP contribution is 2.25. The molecule has 0 saturated heterocycles. The number of hydrogen-bond acceptors (Lipinski definition) is 6. The lowest BCUT2D eigenvalue weighted by molar-refractivity contribution is -0.389. The average molecular weight is 310 g/mol. The molecule has 0 spiro atoms. The van der Waals surface area contributed by atoms with Crippen LogP contribution in [0.2, 0.25) is 0 Å². The summed E-state index contributed by atoms with van der Waals surface area (Å²) in [4.78, 5) is 33.9. The zero-order valence-electron chi connectivity index (χ0n) is 10.5. The van der Waals surface area contributed by atoms with Crippen LogP contribution in [0.1, 0.15) is 12.5 Å². The van der Waals surface area contributed by atoms with Crippen molar-refractivity contribution in [2.24, 2.45) is 0 Å². The van der Waals surface area contributed by atoms with Crippen molar-refractivity contribution in [3.63, 3.8) is 0 Å². The number of esters is 1. The lowest BCUT2D eigenvalue weighted by Gasteiger charge is -2.11. The Hall–Kier alpha value is -2.59. The van der Waals surface area contributed by atoms with Gasteiger partial charge in [0, 0.05) is 11.6 Å². The Labute approximate surface area is 114 Å². The predicted octanol–water partition coefficient (Wildman–Crippen LogP) is 1.29. The molecule has 0 unspecified atom stereocenters. The Kier molecular flexibility index (Phi) is 4.89. The van der Waals surface area contributed by atoms with E-state index in [0.717, 1.165) is 0 Å². The van der Waals surface area contributed by atoms with Gasteiger partial charge in [-0.3, -0.25) is 4.79 Å². The van der Waals surface area contributed by atoms with E-state index in [1.54, 1.807) is 4.98 Å². The van der Waals surface area contributed by atoms with Gasteiger partial charge in [0.15, 0.2) is 0 Å². The fourth-order valence-electron chi connectivity index (χ4n) is 1.41. The van der Waals surface area contributed by atoms with E-state index in [1.165, 1.54) is 6.92 Å². The molecule has 0 saturated carbocycles. The van der Waals surface area contributed by atoms with Crippen LogP contribution in [0.15, 0.2) is 10.9 Å². The number of pyridine rings is 1. The number of ether oxygens (including phenoxy) is 2. The number of rotatable bonds is 5. The van der Waals surface area contributed by atoms with Gasteiger partial charge in [-0.25, -0.2) is 9.78 Å². The summed E-state index contributed by atoms with van der Waals surface area (Å²) < 4.78 is 44.7. The molecule has 0 amide bonds. The summed E-state index contributed by atoms with van der Waals surface area (Å²) >= 11 is 0. The molecule has 0 fully saturated rings.